The second-order valence-electron chi connectivity index (χ2n) is 3.92. The minimum atomic E-state index is -1.06. The summed E-state index contributed by atoms with van der Waals surface area (Å²) in [6, 6.07) is 0. The highest BCUT2D eigenvalue weighted by Gasteiger charge is 2.29. The van der Waals surface area contributed by atoms with Crippen molar-refractivity contribution in [2.45, 2.75) is 24.6 Å². The summed E-state index contributed by atoms with van der Waals surface area (Å²) in [7, 11) is 2.47. The Labute approximate surface area is 114 Å². The maximum atomic E-state index is 11.2. The lowest BCUT2D eigenvalue weighted by Gasteiger charge is -2.17. The third-order valence-corrected chi connectivity index (χ3v) is 3.29. The summed E-state index contributed by atoms with van der Waals surface area (Å²) in [5.41, 5.74) is 0. The van der Waals surface area contributed by atoms with Crippen molar-refractivity contribution >= 4 is 33.8 Å². The van der Waals surface area contributed by atoms with Crippen LogP contribution in [0.4, 0.5) is 0 Å². The molecule has 18 heavy (non-hydrogen) atoms. The zero-order chi connectivity index (χ0) is 14.3. The fourth-order valence-corrected chi connectivity index (χ4v) is 2.13. The largest absolute Gasteiger partial charge is 0.481 e. The van der Waals surface area contributed by atoms with Crippen LogP contribution in [0.5, 0.6) is 0 Å². The molecule has 0 aliphatic carbocycles. The summed E-state index contributed by atoms with van der Waals surface area (Å²) < 4.78 is 9.03. The number of halogens is 1. The van der Waals surface area contributed by atoms with E-state index in [-0.39, 0.29) is 12.8 Å². The lowest BCUT2D eigenvalue weighted by Crippen LogP contribution is -2.27. The number of methoxy groups -OCH3 is 2. The van der Waals surface area contributed by atoms with Crippen molar-refractivity contribution < 1.29 is 29.0 Å². The lowest BCUT2D eigenvalue weighted by molar-refractivity contribution is -0.147. The van der Waals surface area contributed by atoms with E-state index in [4.69, 9.17) is 5.11 Å². The topological polar surface area (TPSA) is 89.9 Å². The molecule has 3 unspecified atom stereocenters. The normalized spacial score (nSPS) is 15.3. The van der Waals surface area contributed by atoms with Gasteiger partial charge in [-0.1, -0.05) is 22.9 Å². The van der Waals surface area contributed by atoms with Gasteiger partial charge >= 0.3 is 17.9 Å². The molecule has 0 fully saturated rings. The average molecular weight is 325 g/mol. The van der Waals surface area contributed by atoms with Crippen molar-refractivity contribution in [3.63, 3.8) is 0 Å². The molecule has 0 saturated carbocycles. The molecule has 0 saturated heterocycles. The summed E-state index contributed by atoms with van der Waals surface area (Å²) >= 11 is 3.06. The monoisotopic (exact) mass is 324 g/mol. The van der Waals surface area contributed by atoms with Gasteiger partial charge in [0.05, 0.1) is 26.1 Å². The van der Waals surface area contributed by atoms with Crippen LogP contribution in [0.1, 0.15) is 19.8 Å². The smallest absolute Gasteiger partial charge is 0.319 e. The van der Waals surface area contributed by atoms with Crippen molar-refractivity contribution in [1.82, 2.24) is 0 Å². The highest BCUT2D eigenvalue weighted by Crippen LogP contribution is 2.22. The highest BCUT2D eigenvalue weighted by atomic mass is 79.9. The van der Waals surface area contributed by atoms with Crippen molar-refractivity contribution in [2.75, 3.05) is 14.2 Å². The number of carboxylic acids is 1. The average Bonchev–Trinajstić information content (AvgIpc) is 2.35. The second kappa shape index (κ2) is 8.07. The van der Waals surface area contributed by atoms with Gasteiger partial charge in [0.1, 0.15) is 4.83 Å². The van der Waals surface area contributed by atoms with Gasteiger partial charge in [-0.05, 0) is 12.8 Å². The van der Waals surface area contributed by atoms with E-state index in [0.29, 0.717) is 0 Å². The fraction of sp³-hybridized carbons (Fsp3) is 0.727. The summed E-state index contributed by atoms with van der Waals surface area (Å²) in [5, 5.41) is 9.05. The van der Waals surface area contributed by atoms with Crippen LogP contribution < -0.4 is 0 Å². The molecule has 1 N–H and O–H groups in total. The molecule has 6 nitrogen and oxygen atoms in total. The van der Waals surface area contributed by atoms with Crippen molar-refractivity contribution in [1.29, 1.82) is 0 Å². The maximum Gasteiger partial charge on any atom is 0.319 e. The molecule has 3 atom stereocenters. The fourth-order valence-electron chi connectivity index (χ4n) is 1.50. The standard InChI is InChI=1S/C11H17BrO6/c1-6(10(15)17-2)4-7(9(13)14)5-8(12)11(16)18-3/h6-8H,4-5H2,1-3H3,(H,13,14). The van der Waals surface area contributed by atoms with Gasteiger partial charge in [0.15, 0.2) is 0 Å². The first kappa shape index (κ1) is 16.9. The molecule has 0 rings (SSSR count). The van der Waals surface area contributed by atoms with Gasteiger partial charge in [-0.15, -0.1) is 0 Å². The highest BCUT2D eigenvalue weighted by molar-refractivity contribution is 9.10. The molecule has 0 bridgehead atoms. The van der Waals surface area contributed by atoms with E-state index < -0.39 is 34.6 Å². The minimum Gasteiger partial charge on any atom is -0.481 e. The van der Waals surface area contributed by atoms with E-state index in [9.17, 15) is 14.4 Å². The van der Waals surface area contributed by atoms with E-state index in [0.717, 1.165) is 0 Å². The van der Waals surface area contributed by atoms with Crippen molar-refractivity contribution in [3.8, 4) is 0 Å². The molecule has 0 spiro atoms. The molecule has 0 aliphatic rings. The van der Waals surface area contributed by atoms with E-state index in [1.807, 2.05) is 0 Å². The first-order chi connectivity index (χ1) is 8.33. The van der Waals surface area contributed by atoms with E-state index in [1.54, 1.807) is 6.92 Å². The Kier molecular flexibility index (Phi) is 7.58. The molecule has 0 aromatic heterocycles. The molecule has 0 aliphatic heterocycles. The molecular weight excluding hydrogens is 308 g/mol. The number of aliphatic carboxylic acids is 1. The van der Waals surface area contributed by atoms with Gasteiger partial charge in [0.25, 0.3) is 0 Å². The lowest BCUT2D eigenvalue weighted by atomic mass is 9.92. The number of ether oxygens (including phenoxy) is 2. The Balaban J connectivity index is 4.54. The van der Waals surface area contributed by atoms with Crippen LogP contribution in [0.15, 0.2) is 0 Å². The van der Waals surface area contributed by atoms with Gasteiger partial charge in [0.2, 0.25) is 0 Å². The van der Waals surface area contributed by atoms with Crippen molar-refractivity contribution in [2.24, 2.45) is 11.8 Å². The molecule has 0 heterocycles. The molecular formula is C11H17BrO6. The predicted octanol–water partition coefficient (Wildman–Crippen LogP) is 1.21. The first-order valence-corrected chi connectivity index (χ1v) is 6.27. The third-order valence-electron chi connectivity index (χ3n) is 2.54. The van der Waals surface area contributed by atoms with Crippen LogP contribution in [0, 0.1) is 11.8 Å². The van der Waals surface area contributed by atoms with Crippen LogP contribution >= 0.6 is 15.9 Å². The van der Waals surface area contributed by atoms with Crippen LogP contribution in [0.2, 0.25) is 0 Å². The molecule has 0 aromatic rings. The SMILES string of the molecule is COC(=O)C(C)CC(CC(Br)C(=O)OC)C(=O)O. The number of carbonyl (C=O) groups is 3. The molecule has 7 heteroatoms. The third kappa shape index (κ3) is 5.48. The predicted molar refractivity (Wildman–Crippen MR) is 66.3 cm³/mol. The summed E-state index contributed by atoms with van der Waals surface area (Å²) in [6.45, 7) is 1.59. The Hall–Kier alpha value is -1.11. The number of hydrogen-bond acceptors (Lipinski definition) is 5. The van der Waals surface area contributed by atoms with Crippen LogP contribution in [-0.4, -0.2) is 42.1 Å². The van der Waals surface area contributed by atoms with Crippen LogP contribution in [0.25, 0.3) is 0 Å². The summed E-state index contributed by atoms with van der Waals surface area (Å²) in [4.78, 5) is 32.8. The zero-order valence-electron chi connectivity index (χ0n) is 10.5. The zero-order valence-corrected chi connectivity index (χ0v) is 12.1. The molecule has 0 aromatic carbocycles. The Morgan fingerprint density at radius 2 is 1.61 bits per heavy atom. The molecule has 0 radical (unpaired) electrons. The number of carbonyl (C=O) groups excluding carboxylic acids is 2. The Bertz CT molecular complexity index is 293. The van der Waals surface area contributed by atoms with E-state index in [2.05, 4.69) is 25.4 Å². The van der Waals surface area contributed by atoms with E-state index in [1.165, 1.54) is 14.2 Å². The molecule has 104 valence electrons. The van der Waals surface area contributed by atoms with Crippen LogP contribution in [0.3, 0.4) is 0 Å². The van der Waals surface area contributed by atoms with Gasteiger partial charge in [0, 0.05) is 0 Å². The Morgan fingerprint density at radius 1 is 1.11 bits per heavy atom. The van der Waals surface area contributed by atoms with Crippen LogP contribution in [-0.2, 0) is 23.9 Å². The first-order valence-electron chi connectivity index (χ1n) is 5.36. The number of rotatable bonds is 7. The maximum absolute atomic E-state index is 11.2. The number of alkyl halides is 1. The summed E-state index contributed by atoms with van der Waals surface area (Å²) in [6.07, 6.45) is 0.171. The Morgan fingerprint density at radius 3 is 2.00 bits per heavy atom. The summed E-state index contributed by atoms with van der Waals surface area (Å²) in [5.74, 6) is -3.41. The minimum absolute atomic E-state index is 0.0589. The quantitative estimate of drug-likeness (QED) is 0.559. The van der Waals surface area contributed by atoms with Gasteiger partial charge in [-0.2, -0.15) is 0 Å². The molecule has 0 amide bonds. The number of esters is 2. The van der Waals surface area contributed by atoms with Gasteiger partial charge < -0.3 is 14.6 Å². The number of hydrogen-bond donors (Lipinski definition) is 1. The van der Waals surface area contributed by atoms with Gasteiger partial charge in [-0.25, -0.2) is 0 Å². The van der Waals surface area contributed by atoms with Crippen molar-refractivity contribution in [3.05, 3.63) is 0 Å². The second-order valence-corrected chi connectivity index (χ2v) is 5.03. The van der Waals surface area contributed by atoms with Gasteiger partial charge in [-0.3, -0.25) is 14.4 Å². The van der Waals surface area contributed by atoms with E-state index >= 15 is 0 Å². The number of carboxylic acid groups (broad SMARTS) is 1.